The summed E-state index contributed by atoms with van der Waals surface area (Å²) >= 11 is 1.75. The molecule has 0 amide bonds. The number of hydrogen-bond donors (Lipinski definition) is 1. The Labute approximate surface area is 103 Å². The van der Waals surface area contributed by atoms with Crippen LogP contribution >= 0.6 is 11.8 Å². The molecule has 0 radical (unpaired) electrons. The Morgan fingerprint density at radius 1 is 1.19 bits per heavy atom. The minimum Gasteiger partial charge on any atom is -0.327 e. The van der Waals surface area contributed by atoms with Crippen molar-refractivity contribution in [3.05, 3.63) is 0 Å². The van der Waals surface area contributed by atoms with Crippen LogP contribution in [-0.4, -0.2) is 37.5 Å². The Morgan fingerprint density at radius 2 is 1.81 bits per heavy atom. The Morgan fingerprint density at radius 3 is 2.44 bits per heavy atom. The Bertz CT molecular complexity index is 290. The summed E-state index contributed by atoms with van der Waals surface area (Å²) < 4.78 is 22.1. The molecule has 0 heterocycles. The predicted octanol–water partition coefficient (Wildman–Crippen LogP) is 1.81. The Hall–Kier alpha value is 0.260. The molecule has 1 aliphatic rings. The third-order valence-corrected chi connectivity index (χ3v) is 5.70. The highest BCUT2D eigenvalue weighted by Crippen LogP contribution is 2.26. The van der Waals surface area contributed by atoms with Crippen LogP contribution in [0.3, 0.4) is 0 Å². The zero-order chi connectivity index (χ0) is 12.0. The van der Waals surface area contributed by atoms with Crippen LogP contribution in [0, 0.1) is 0 Å². The average molecular weight is 265 g/mol. The minimum absolute atomic E-state index is 0.255. The molecule has 3 nitrogen and oxygen atoms in total. The van der Waals surface area contributed by atoms with E-state index in [1.165, 1.54) is 31.9 Å². The third kappa shape index (κ3) is 6.11. The highest BCUT2D eigenvalue weighted by Gasteiger charge is 2.20. The molecular weight excluding hydrogens is 242 g/mol. The van der Waals surface area contributed by atoms with E-state index in [9.17, 15) is 8.42 Å². The van der Waals surface area contributed by atoms with Crippen LogP contribution in [0.25, 0.3) is 0 Å². The lowest BCUT2D eigenvalue weighted by Gasteiger charge is -2.25. The second kappa shape index (κ2) is 6.87. The first-order chi connectivity index (χ1) is 7.49. The molecular formula is C11H23NO2S2. The predicted molar refractivity (Wildman–Crippen MR) is 71.6 cm³/mol. The van der Waals surface area contributed by atoms with Crippen molar-refractivity contribution < 1.29 is 8.42 Å². The first kappa shape index (κ1) is 14.3. The first-order valence-corrected chi connectivity index (χ1v) is 9.15. The van der Waals surface area contributed by atoms with Gasteiger partial charge in [0.25, 0.3) is 0 Å². The minimum atomic E-state index is -2.82. The lowest BCUT2D eigenvalue weighted by Crippen LogP contribution is -2.33. The summed E-state index contributed by atoms with van der Waals surface area (Å²) in [5.41, 5.74) is 6.13. The van der Waals surface area contributed by atoms with E-state index in [0.29, 0.717) is 11.0 Å². The molecule has 1 rings (SSSR count). The average Bonchev–Trinajstić information content (AvgIpc) is 2.15. The normalized spacial score (nSPS) is 28.4. The maximum absolute atomic E-state index is 11.0. The molecule has 1 aliphatic carbocycles. The molecule has 0 spiro atoms. The van der Waals surface area contributed by atoms with Crippen LogP contribution in [-0.2, 0) is 9.84 Å². The maximum atomic E-state index is 11.0. The molecule has 2 unspecified atom stereocenters. The molecule has 16 heavy (non-hydrogen) atoms. The molecule has 0 bridgehead atoms. The van der Waals surface area contributed by atoms with Gasteiger partial charge in [0.15, 0.2) is 0 Å². The SMILES string of the molecule is CS(=O)(=O)CCSC1CCCCCCC1N. The van der Waals surface area contributed by atoms with Gasteiger partial charge in [0.2, 0.25) is 0 Å². The maximum Gasteiger partial charge on any atom is 0.148 e. The lowest BCUT2D eigenvalue weighted by atomic mass is 9.97. The van der Waals surface area contributed by atoms with Gasteiger partial charge < -0.3 is 5.73 Å². The van der Waals surface area contributed by atoms with Crippen LogP contribution in [0.4, 0.5) is 0 Å². The summed E-state index contributed by atoms with van der Waals surface area (Å²) in [7, 11) is -2.82. The summed E-state index contributed by atoms with van der Waals surface area (Å²) in [6.07, 6.45) is 8.61. The van der Waals surface area contributed by atoms with E-state index in [1.54, 1.807) is 11.8 Å². The van der Waals surface area contributed by atoms with Gasteiger partial charge in [0.05, 0.1) is 5.75 Å². The molecule has 1 saturated carbocycles. The van der Waals surface area contributed by atoms with Crippen molar-refractivity contribution in [2.45, 2.75) is 49.8 Å². The van der Waals surface area contributed by atoms with Gasteiger partial charge in [-0.25, -0.2) is 8.42 Å². The van der Waals surface area contributed by atoms with Crippen molar-refractivity contribution in [3.63, 3.8) is 0 Å². The molecule has 0 aromatic rings. The van der Waals surface area contributed by atoms with Gasteiger partial charge in [0.1, 0.15) is 9.84 Å². The topological polar surface area (TPSA) is 60.2 Å². The Balaban J connectivity index is 2.32. The molecule has 5 heteroatoms. The smallest absolute Gasteiger partial charge is 0.148 e. The quantitative estimate of drug-likeness (QED) is 0.842. The van der Waals surface area contributed by atoms with Crippen LogP contribution in [0.1, 0.15) is 38.5 Å². The molecule has 2 atom stereocenters. The van der Waals surface area contributed by atoms with Gasteiger partial charge in [0, 0.05) is 23.3 Å². The van der Waals surface area contributed by atoms with Gasteiger partial charge in [-0.1, -0.05) is 25.7 Å². The van der Waals surface area contributed by atoms with E-state index in [0.717, 1.165) is 12.8 Å². The van der Waals surface area contributed by atoms with E-state index >= 15 is 0 Å². The first-order valence-electron chi connectivity index (χ1n) is 6.04. The summed E-state index contributed by atoms with van der Waals surface area (Å²) in [6.45, 7) is 0. The fourth-order valence-corrected chi connectivity index (χ4v) is 4.65. The number of sulfone groups is 1. The molecule has 0 aromatic heterocycles. The number of thioether (sulfide) groups is 1. The number of nitrogens with two attached hydrogens (primary N) is 1. The summed E-state index contributed by atoms with van der Waals surface area (Å²) in [4.78, 5) is 0. The van der Waals surface area contributed by atoms with Crippen molar-refractivity contribution in [1.82, 2.24) is 0 Å². The van der Waals surface area contributed by atoms with E-state index in [-0.39, 0.29) is 11.8 Å². The van der Waals surface area contributed by atoms with E-state index < -0.39 is 9.84 Å². The lowest BCUT2D eigenvalue weighted by molar-refractivity contribution is 0.463. The second-order valence-corrected chi connectivity index (χ2v) is 8.30. The largest absolute Gasteiger partial charge is 0.327 e. The molecule has 1 fully saturated rings. The Kier molecular flexibility index (Phi) is 6.15. The zero-order valence-electron chi connectivity index (χ0n) is 10.0. The third-order valence-electron chi connectivity index (χ3n) is 3.04. The van der Waals surface area contributed by atoms with Crippen LogP contribution in [0.2, 0.25) is 0 Å². The standard InChI is InChI=1S/C11H23NO2S2/c1-16(13,14)9-8-15-11-7-5-3-2-4-6-10(11)12/h10-11H,2-9,12H2,1H3. The molecule has 2 N–H and O–H groups in total. The van der Waals surface area contributed by atoms with Gasteiger partial charge >= 0.3 is 0 Å². The highest BCUT2D eigenvalue weighted by atomic mass is 32.2. The van der Waals surface area contributed by atoms with E-state index in [2.05, 4.69) is 0 Å². The van der Waals surface area contributed by atoms with Crippen molar-refractivity contribution >= 4 is 21.6 Å². The van der Waals surface area contributed by atoms with Crippen molar-refractivity contribution in [3.8, 4) is 0 Å². The van der Waals surface area contributed by atoms with E-state index in [1.807, 2.05) is 0 Å². The van der Waals surface area contributed by atoms with Crippen molar-refractivity contribution in [2.75, 3.05) is 17.8 Å². The van der Waals surface area contributed by atoms with Crippen LogP contribution in [0.5, 0.6) is 0 Å². The zero-order valence-corrected chi connectivity index (χ0v) is 11.7. The fourth-order valence-electron chi connectivity index (χ4n) is 2.04. The highest BCUT2D eigenvalue weighted by molar-refractivity contribution is 8.01. The molecule has 96 valence electrons. The second-order valence-electron chi connectivity index (χ2n) is 4.69. The van der Waals surface area contributed by atoms with Gasteiger partial charge in [-0.05, 0) is 12.8 Å². The number of rotatable bonds is 4. The van der Waals surface area contributed by atoms with Crippen LogP contribution in [0.15, 0.2) is 0 Å². The van der Waals surface area contributed by atoms with Gasteiger partial charge in [-0.15, -0.1) is 0 Å². The fraction of sp³-hybridized carbons (Fsp3) is 1.00. The van der Waals surface area contributed by atoms with Crippen molar-refractivity contribution in [1.29, 1.82) is 0 Å². The molecule has 0 saturated heterocycles. The molecule has 0 aliphatic heterocycles. The summed E-state index contributed by atoms with van der Waals surface area (Å²) in [6, 6.07) is 0.255. The summed E-state index contributed by atoms with van der Waals surface area (Å²) in [5, 5.41) is 0.460. The van der Waals surface area contributed by atoms with Crippen molar-refractivity contribution in [2.24, 2.45) is 5.73 Å². The van der Waals surface area contributed by atoms with Gasteiger partial charge in [-0.3, -0.25) is 0 Å². The molecule has 0 aromatic carbocycles. The number of hydrogen-bond acceptors (Lipinski definition) is 4. The monoisotopic (exact) mass is 265 g/mol. The summed E-state index contributed by atoms with van der Waals surface area (Å²) in [5.74, 6) is 0.970. The van der Waals surface area contributed by atoms with Crippen LogP contribution < -0.4 is 5.73 Å². The van der Waals surface area contributed by atoms with Gasteiger partial charge in [-0.2, -0.15) is 11.8 Å². The van der Waals surface area contributed by atoms with E-state index in [4.69, 9.17) is 5.73 Å².